The fourth-order valence-electron chi connectivity index (χ4n) is 3.26. The molecule has 2 aromatic heterocycles. The maximum Gasteiger partial charge on any atom is 0.222 e. The molecule has 0 spiro atoms. The van der Waals surface area contributed by atoms with Crippen molar-refractivity contribution in [2.24, 2.45) is 0 Å². The highest BCUT2D eigenvalue weighted by Gasteiger charge is 2.23. The molecule has 0 aliphatic carbocycles. The van der Waals surface area contributed by atoms with Crippen LogP contribution in [0.2, 0.25) is 0 Å². The first kappa shape index (κ1) is 17.4. The Balaban J connectivity index is 1.46. The maximum absolute atomic E-state index is 12.5. The summed E-state index contributed by atoms with van der Waals surface area (Å²) in [5.74, 6) is 1.88. The maximum atomic E-state index is 12.5. The quantitative estimate of drug-likeness (QED) is 0.897. The number of piperidine rings is 1. The number of aromatic nitrogens is 3. The number of hydrogen-bond donors (Lipinski definition) is 1. The minimum Gasteiger partial charge on any atom is -0.367 e. The second kappa shape index (κ2) is 7.63. The van der Waals surface area contributed by atoms with Gasteiger partial charge in [0.1, 0.15) is 17.9 Å². The predicted molar refractivity (Wildman–Crippen MR) is 94.3 cm³/mol. The van der Waals surface area contributed by atoms with Crippen molar-refractivity contribution >= 4 is 11.7 Å². The first-order chi connectivity index (χ1) is 12.0. The van der Waals surface area contributed by atoms with Gasteiger partial charge in [0.2, 0.25) is 5.91 Å². The fourth-order valence-corrected chi connectivity index (χ4v) is 3.26. The van der Waals surface area contributed by atoms with Crippen LogP contribution in [0.25, 0.3) is 0 Å². The van der Waals surface area contributed by atoms with Crippen molar-refractivity contribution in [2.75, 3.05) is 18.4 Å². The van der Waals surface area contributed by atoms with Gasteiger partial charge in [-0.25, -0.2) is 9.97 Å². The monoisotopic (exact) mass is 343 g/mol. The number of nitrogens with zero attached hydrogens (tertiary/aromatic N) is 4. The van der Waals surface area contributed by atoms with E-state index in [0.29, 0.717) is 18.9 Å². The lowest BCUT2D eigenvalue weighted by atomic mass is 10.0. The average Bonchev–Trinajstić information content (AvgIpc) is 2.92. The van der Waals surface area contributed by atoms with Gasteiger partial charge >= 0.3 is 0 Å². The Morgan fingerprint density at radius 2 is 2.04 bits per heavy atom. The van der Waals surface area contributed by atoms with Crippen molar-refractivity contribution < 1.29 is 9.32 Å². The van der Waals surface area contributed by atoms with Gasteiger partial charge in [-0.2, -0.15) is 0 Å². The molecule has 0 unspecified atom stereocenters. The number of hydrogen-bond acceptors (Lipinski definition) is 6. The highest BCUT2D eigenvalue weighted by atomic mass is 16.5. The zero-order valence-corrected chi connectivity index (χ0v) is 15.1. The first-order valence-corrected chi connectivity index (χ1v) is 8.77. The number of likely N-dealkylation sites (tertiary alicyclic amines) is 1. The summed E-state index contributed by atoms with van der Waals surface area (Å²) in [5, 5.41) is 7.38. The van der Waals surface area contributed by atoms with E-state index in [-0.39, 0.29) is 5.91 Å². The normalized spacial score (nSPS) is 15.4. The Hall–Kier alpha value is -2.44. The number of rotatable bonds is 5. The number of aryl methyl sites for hydroxylation is 3. The van der Waals surface area contributed by atoms with Crippen LogP contribution in [0.4, 0.5) is 5.82 Å². The van der Waals surface area contributed by atoms with E-state index in [1.807, 2.05) is 31.7 Å². The van der Waals surface area contributed by atoms with Crippen LogP contribution < -0.4 is 5.32 Å². The summed E-state index contributed by atoms with van der Waals surface area (Å²) in [6.45, 7) is 7.32. The van der Waals surface area contributed by atoms with E-state index in [4.69, 9.17) is 4.52 Å². The third-order valence-electron chi connectivity index (χ3n) is 4.77. The van der Waals surface area contributed by atoms with Crippen LogP contribution in [0.5, 0.6) is 0 Å². The van der Waals surface area contributed by atoms with Crippen LogP contribution in [-0.2, 0) is 11.2 Å². The molecule has 0 atom stereocenters. The van der Waals surface area contributed by atoms with Crippen LogP contribution >= 0.6 is 0 Å². The molecule has 7 heteroatoms. The lowest BCUT2D eigenvalue weighted by Crippen LogP contribution is -2.42. The molecule has 1 fully saturated rings. The molecule has 1 amide bonds. The summed E-state index contributed by atoms with van der Waals surface area (Å²) < 4.78 is 5.16. The molecule has 3 heterocycles. The molecule has 1 N–H and O–H groups in total. The molecule has 1 aliphatic rings. The average molecular weight is 343 g/mol. The SMILES string of the molecule is Cc1cc(NC2CCN(C(=O)CCc3c(C)noc3C)CC2)ncn1. The fraction of sp³-hybridized carbons (Fsp3) is 0.556. The van der Waals surface area contributed by atoms with Gasteiger partial charge in [-0.1, -0.05) is 5.16 Å². The topological polar surface area (TPSA) is 84.2 Å². The van der Waals surface area contributed by atoms with Gasteiger partial charge < -0.3 is 14.7 Å². The van der Waals surface area contributed by atoms with Gasteiger partial charge in [0, 0.05) is 42.9 Å². The third kappa shape index (κ3) is 4.35. The molecule has 25 heavy (non-hydrogen) atoms. The summed E-state index contributed by atoms with van der Waals surface area (Å²) in [6, 6.07) is 2.29. The van der Waals surface area contributed by atoms with Crippen LogP contribution in [-0.4, -0.2) is 45.1 Å². The van der Waals surface area contributed by atoms with Crippen molar-refractivity contribution in [1.29, 1.82) is 0 Å². The zero-order chi connectivity index (χ0) is 17.8. The highest BCUT2D eigenvalue weighted by molar-refractivity contribution is 5.76. The standard InChI is InChI=1S/C18H25N5O2/c1-12-10-17(20-11-19-12)21-15-6-8-23(9-7-15)18(24)5-4-16-13(2)22-25-14(16)3/h10-11,15H,4-9H2,1-3H3,(H,19,20,21). The largest absolute Gasteiger partial charge is 0.367 e. The zero-order valence-electron chi connectivity index (χ0n) is 15.1. The van der Waals surface area contributed by atoms with E-state index >= 15 is 0 Å². The molecule has 0 aromatic carbocycles. The Morgan fingerprint density at radius 1 is 1.28 bits per heavy atom. The number of anilines is 1. The second-order valence-corrected chi connectivity index (χ2v) is 6.65. The van der Waals surface area contributed by atoms with Gasteiger partial charge in [-0.15, -0.1) is 0 Å². The molecule has 134 valence electrons. The molecular weight excluding hydrogens is 318 g/mol. The van der Waals surface area contributed by atoms with Crippen LogP contribution in [0.3, 0.4) is 0 Å². The van der Waals surface area contributed by atoms with E-state index < -0.39 is 0 Å². The third-order valence-corrected chi connectivity index (χ3v) is 4.77. The van der Waals surface area contributed by atoms with Crippen LogP contribution in [0.1, 0.15) is 42.0 Å². The number of nitrogens with one attached hydrogen (secondary N) is 1. The van der Waals surface area contributed by atoms with Crippen molar-refractivity contribution in [3.05, 3.63) is 35.1 Å². The predicted octanol–water partition coefficient (Wildman–Crippen LogP) is 2.43. The summed E-state index contributed by atoms with van der Waals surface area (Å²) >= 11 is 0. The Kier molecular flexibility index (Phi) is 5.31. The Bertz CT molecular complexity index is 715. The molecular formula is C18H25N5O2. The van der Waals surface area contributed by atoms with E-state index in [2.05, 4.69) is 20.4 Å². The lowest BCUT2D eigenvalue weighted by Gasteiger charge is -2.32. The Morgan fingerprint density at radius 3 is 2.68 bits per heavy atom. The number of carbonyl (C=O) groups is 1. The lowest BCUT2D eigenvalue weighted by molar-refractivity contribution is -0.132. The summed E-state index contributed by atoms with van der Waals surface area (Å²) in [7, 11) is 0. The van der Waals surface area contributed by atoms with Crippen molar-refractivity contribution in [3.63, 3.8) is 0 Å². The molecule has 0 saturated carbocycles. The van der Waals surface area contributed by atoms with Gasteiger partial charge in [0.15, 0.2) is 0 Å². The number of carbonyl (C=O) groups excluding carboxylic acids is 1. The van der Waals surface area contributed by atoms with E-state index in [9.17, 15) is 4.79 Å². The van der Waals surface area contributed by atoms with Gasteiger partial charge in [0.25, 0.3) is 0 Å². The molecule has 0 radical (unpaired) electrons. The first-order valence-electron chi connectivity index (χ1n) is 8.77. The minimum absolute atomic E-state index is 0.205. The number of amides is 1. The van der Waals surface area contributed by atoms with E-state index in [1.165, 1.54) is 0 Å². The summed E-state index contributed by atoms with van der Waals surface area (Å²) in [4.78, 5) is 22.8. The minimum atomic E-state index is 0.205. The van der Waals surface area contributed by atoms with Crippen LogP contribution in [0.15, 0.2) is 16.9 Å². The molecule has 1 saturated heterocycles. The second-order valence-electron chi connectivity index (χ2n) is 6.65. The van der Waals surface area contributed by atoms with Crippen molar-refractivity contribution in [3.8, 4) is 0 Å². The highest BCUT2D eigenvalue weighted by Crippen LogP contribution is 2.18. The van der Waals surface area contributed by atoms with Crippen molar-refractivity contribution in [1.82, 2.24) is 20.0 Å². The molecule has 7 nitrogen and oxygen atoms in total. The molecule has 0 bridgehead atoms. The van der Waals surface area contributed by atoms with Gasteiger partial charge in [-0.05, 0) is 40.0 Å². The van der Waals surface area contributed by atoms with Crippen molar-refractivity contribution in [2.45, 2.75) is 52.5 Å². The smallest absolute Gasteiger partial charge is 0.222 e. The summed E-state index contributed by atoms with van der Waals surface area (Å²) in [5.41, 5.74) is 2.89. The van der Waals surface area contributed by atoms with Crippen LogP contribution in [0, 0.1) is 20.8 Å². The van der Waals surface area contributed by atoms with E-state index in [0.717, 1.165) is 54.5 Å². The molecule has 2 aromatic rings. The van der Waals surface area contributed by atoms with Gasteiger partial charge in [-0.3, -0.25) is 4.79 Å². The summed E-state index contributed by atoms with van der Waals surface area (Å²) in [6.07, 6.45) is 4.63. The molecule has 1 aliphatic heterocycles. The Labute approximate surface area is 147 Å². The molecule has 3 rings (SSSR count). The van der Waals surface area contributed by atoms with E-state index in [1.54, 1.807) is 6.33 Å². The van der Waals surface area contributed by atoms with Gasteiger partial charge in [0.05, 0.1) is 5.69 Å².